The number of rotatable bonds is 10. The highest BCUT2D eigenvalue weighted by atomic mass is 17.0. The predicted octanol–water partition coefficient (Wildman–Crippen LogP) is 5.78. The number of benzene rings is 3. The number of hydroxylamine groups is 2. The summed E-state index contributed by atoms with van der Waals surface area (Å²) in [5.74, 6) is -0.366. The summed E-state index contributed by atoms with van der Waals surface area (Å²) in [6.45, 7) is 0.246. The standard InChI is InChI=1S/C34H37NO7/c36-29(23-38-22-24-12-4-1-5-13-24)32-20-28-31(40-34(37)26-16-8-3-9-17-26)21-33(42-35(28)41-32)39-30-19-11-10-18-27(30)25-14-6-2-7-15-25/h1-9,12-17,27-28,30-33H,10-11,18-23H2/t27-,28+,30+,31-,32+,33-/m0/s1. The molecule has 0 aromatic heterocycles. The first-order chi connectivity index (χ1) is 20.6. The molecular formula is C34H37NO7. The van der Waals surface area contributed by atoms with Crippen LogP contribution in [-0.4, -0.2) is 54.2 Å². The Morgan fingerprint density at radius 1 is 0.786 bits per heavy atom. The fraction of sp³-hybridized carbons (Fsp3) is 0.412. The molecule has 0 bridgehead atoms. The van der Waals surface area contributed by atoms with Gasteiger partial charge in [-0.05, 0) is 36.1 Å². The van der Waals surface area contributed by atoms with Gasteiger partial charge in [0.15, 0.2) is 12.1 Å². The molecule has 0 unspecified atom stereocenters. The molecule has 6 atom stereocenters. The molecule has 42 heavy (non-hydrogen) atoms. The third kappa shape index (κ3) is 6.97. The van der Waals surface area contributed by atoms with Crippen LogP contribution in [0.15, 0.2) is 91.0 Å². The average molecular weight is 572 g/mol. The summed E-state index contributed by atoms with van der Waals surface area (Å²) >= 11 is 0. The minimum Gasteiger partial charge on any atom is -0.457 e. The van der Waals surface area contributed by atoms with Crippen molar-refractivity contribution < 1.29 is 33.5 Å². The van der Waals surface area contributed by atoms with Crippen molar-refractivity contribution in [3.63, 3.8) is 0 Å². The number of hydrogen-bond acceptors (Lipinski definition) is 8. The van der Waals surface area contributed by atoms with Crippen LogP contribution in [0.3, 0.4) is 0 Å². The van der Waals surface area contributed by atoms with E-state index in [2.05, 4.69) is 24.3 Å². The first-order valence-electron chi connectivity index (χ1n) is 14.9. The highest BCUT2D eigenvalue weighted by Crippen LogP contribution is 2.39. The van der Waals surface area contributed by atoms with Crippen molar-refractivity contribution in [2.24, 2.45) is 0 Å². The second kappa shape index (κ2) is 13.7. The van der Waals surface area contributed by atoms with E-state index in [9.17, 15) is 9.59 Å². The van der Waals surface area contributed by atoms with E-state index in [1.54, 1.807) is 24.3 Å². The normalized spacial score (nSPS) is 27.7. The van der Waals surface area contributed by atoms with Crippen molar-refractivity contribution in [1.29, 1.82) is 0 Å². The Balaban J connectivity index is 1.14. The predicted molar refractivity (Wildman–Crippen MR) is 154 cm³/mol. The number of fused-ring (bicyclic) bond motifs is 1. The Kier molecular flexibility index (Phi) is 9.37. The molecule has 2 saturated heterocycles. The monoisotopic (exact) mass is 571 g/mol. The summed E-state index contributed by atoms with van der Waals surface area (Å²) in [6.07, 6.45) is 2.76. The van der Waals surface area contributed by atoms with Gasteiger partial charge in [0.1, 0.15) is 24.9 Å². The minimum absolute atomic E-state index is 0.0420. The average Bonchev–Trinajstić information content (AvgIpc) is 3.47. The summed E-state index contributed by atoms with van der Waals surface area (Å²) in [4.78, 5) is 38.3. The quantitative estimate of drug-likeness (QED) is 0.284. The number of ketones is 1. The van der Waals surface area contributed by atoms with Crippen molar-refractivity contribution >= 4 is 11.8 Å². The number of ether oxygens (including phenoxy) is 3. The van der Waals surface area contributed by atoms with Crippen LogP contribution in [0.4, 0.5) is 0 Å². The number of esters is 1. The molecule has 3 fully saturated rings. The Labute approximate surface area is 246 Å². The number of nitrogens with zero attached hydrogens (tertiary/aromatic N) is 1. The van der Waals surface area contributed by atoms with Gasteiger partial charge in [-0.25, -0.2) is 9.63 Å². The Morgan fingerprint density at radius 2 is 1.48 bits per heavy atom. The van der Waals surface area contributed by atoms with E-state index in [1.807, 2.05) is 42.5 Å². The number of Topliss-reactive ketones (excluding diaryl/α,β-unsaturated/α-hetero) is 1. The lowest BCUT2D eigenvalue weighted by Gasteiger charge is -2.41. The third-order valence-electron chi connectivity index (χ3n) is 8.27. The Hall–Kier alpha value is -3.40. The molecule has 0 amide bonds. The number of hydrogen-bond donors (Lipinski definition) is 0. The van der Waals surface area contributed by atoms with E-state index in [4.69, 9.17) is 23.9 Å². The maximum absolute atomic E-state index is 13.1. The molecule has 0 radical (unpaired) electrons. The van der Waals surface area contributed by atoms with E-state index in [-0.39, 0.29) is 24.4 Å². The van der Waals surface area contributed by atoms with Crippen molar-refractivity contribution in [1.82, 2.24) is 5.23 Å². The molecular weight excluding hydrogens is 534 g/mol. The summed E-state index contributed by atoms with van der Waals surface area (Å²) in [6, 6.07) is 28.6. The highest BCUT2D eigenvalue weighted by Gasteiger charge is 2.50. The zero-order valence-electron chi connectivity index (χ0n) is 23.6. The second-order valence-electron chi connectivity index (χ2n) is 11.2. The first kappa shape index (κ1) is 28.7. The number of carbonyl (C=O) groups excluding carboxylic acids is 2. The van der Waals surface area contributed by atoms with Gasteiger partial charge in [-0.3, -0.25) is 9.63 Å². The minimum atomic E-state index is -0.769. The van der Waals surface area contributed by atoms with E-state index in [0.29, 0.717) is 25.0 Å². The molecule has 8 nitrogen and oxygen atoms in total. The van der Waals surface area contributed by atoms with Crippen LogP contribution in [0.25, 0.3) is 0 Å². The lowest BCUT2D eigenvalue weighted by Crippen LogP contribution is -2.51. The molecule has 3 aromatic carbocycles. The number of carbonyl (C=O) groups is 2. The maximum atomic E-state index is 13.1. The third-order valence-corrected chi connectivity index (χ3v) is 8.27. The van der Waals surface area contributed by atoms with Crippen LogP contribution in [0, 0.1) is 0 Å². The van der Waals surface area contributed by atoms with Crippen molar-refractivity contribution in [3.8, 4) is 0 Å². The molecule has 8 heteroatoms. The van der Waals surface area contributed by atoms with Gasteiger partial charge in [0.2, 0.25) is 0 Å². The van der Waals surface area contributed by atoms with Gasteiger partial charge < -0.3 is 14.2 Å². The molecule has 6 rings (SSSR count). The van der Waals surface area contributed by atoms with E-state index in [1.165, 1.54) is 10.8 Å². The van der Waals surface area contributed by atoms with Crippen LogP contribution < -0.4 is 0 Å². The van der Waals surface area contributed by atoms with Gasteiger partial charge in [0.25, 0.3) is 0 Å². The summed E-state index contributed by atoms with van der Waals surface area (Å²) in [7, 11) is 0. The molecule has 2 heterocycles. The van der Waals surface area contributed by atoms with E-state index < -0.39 is 30.5 Å². The molecule has 3 aliphatic rings. The van der Waals surface area contributed by atoms with Crippen LogP contribution in [0.5, 0.6) is 0 Å². The first-order valence-corrected chi connectivity index (χ1v) is 14.9. The van der Waals surface area contributed by atoms with Crippen molar-refractivity contribution in [3.05, 3.63) is 108 Å². The lowest BCUT2D eigenvalue weighted by atomic mass is 9.81. The SMILES string of the molecule is O=C(O[C@H]1C[C@@H](O[C@@H]2CCCC[C@H]2c2ccccc2)ON2O[C@@H](C(=O)COCc3ccccc3)C[C@H]12)c1ccccc1. The molecule has 2 aliphatic heterocycles. The van der Waals surface area contributed by atoms with Gasteiger partial charge >= 0.3 is 5.97 Å². The summed E-state index contributed by atoms with van der Waals surface area (Å²) < 4.78 is 18.3. The van der Waals surface area contributed by atoms with Crippen LogP contribution >= 0.6 is 0 Å². The van der Waals surface area contributed by atoms with Gasteiger partial charge in [0.05, 0.1) is 18.3 Å². The molecule has 0 N–H and O–H groups in total. The van der Waals surface area contributed by atoms with Gasteiger partial charge in [-0.2, -0.15) is 0 Å². The van der Waals surface area contributed by atoms with Crippen molar-refractivity contribution in [2.45, 2.75) is 81.7 Å². The van der Waals surface area contributed by atoms with E-state index in [0.717, 1.165) is 31.2 Å². The highest BCUT2D eigenvalue weighted by molar-refractivity contribution is 5.89. The topological polar surface area (TPSA) is 83.5 Å². The van der Waals surface area contributed by atoms with Crippen LogP contribution in [0.2, 0.25) is 0 Å². The zero-order chi connectivity index (χ0) is 28.7. The maximum Gasteiger partial charge on any atom is 0.338 e. The molecule has 3 aromatic rings. The molecule has 0 spiro atoms. The van der Waals surface area contributed by atoms with Gasteiger partial charge in [-0.15, -0.1) is 0 Å². The zero-order valence-corrected chi connectivity index (χ0v) is 23.6. The Morgan fingerprint density at radius 3 is 2.24 bits per heavy atom. The van der Waals surface area contributed by atoms with Crippen molar-refractivity contribution in [2.75, 3.05) is 6.61 Å². The van der Waals surface area contributed by atoms with E-state index >= 15 is 0 Å². The molecule has 1 aliphatic carbocycles. The smallest absolute Gasteiger partial charge is 0.338 e. The summed E-state index contributed by atoms with van der Waals surface area (Å²) in [5.41, 5.74) is 2.70. The fourth-order valence-electron chi connectivity index (χ4n) is 6.10. The summed E-state index contributed by atoms with van der Waals surface area (Å²) in [5, 5.41) is 1.33. The van der Waals surface area contributed by atoms with Crippen LogP contribution in [-0.2, 0) is 35.3 Å². The molecule has 220 valence electrons. The second-order valence-corrected chi connectivity index (χ2v) is 11.2. The van der Waals surface area contributed by atoms with Crippen LogP contribution in [0.1, 0.15) is 65.9 Å². The molecule has 1 saturated carbocycles. The Bertz CT molecular complexity index is 1310. The van der Waals surface area contributed by atoms with Gasteiger partial charge in [0, 0.05) is 18.8 Å². The fourth-order valence-corrected chi connectivity index (χ4v) is 6.10. The lowest BCUT2D eigenvalue weighted by molar-refractivity contribution is -0.446. The van der Waals surface area contributed by atoms with Gasteiger partial charge in [-0.1, -0.05) is 96.9 Å². The largest absolute Gasteiger partial charge is 0.457 e.